The third kappa shape index (κ3) is 5.59. The van der Waals surface area contributed by atoms with E-state index in [4.69, 9.17) is 5.14 Å². The zero-order valence-electron chi connectivity index (χ0n) is 15.6. The summed E-state index contributed by atoms with van der Waals surface area (Å²) < 4.78 is 23.1. The summed E-state index contributed by atoms with van der Waals surface area (Å²) >= 11 is 4.18. The molecule has 3 rings (SSSR count). The molecule has 9 nitrogen and oxygen atoms in total. The number of carbonyl (C=O) groups excluding carboxylic acids is 1. The molecule has 0 aliphatic rings. The average Bonchev–Trinajstić information content (AvgIpc) is 2.73. The maximum Gasteiger partial charge on any atom is 0.270 e. The van der Waals surface area contributed by atoms with Crippen molar-refractivity contribution in [3.05, 3.63) is 68.9 Å². The van der Waals surface area contributed by atoms with Crippen molar-refractivity contribution < 1.29 is 13.2 Å². The highest BCUT2D eigenvalue weighted by Gasteiger charge is 2.15. The van der Waals surface area contributed by atoms with Crippen molar-refractivity contribution in [2.75, 3.05) is 11.1 Å². The van der Waals surface area contributed by atoms with Gasteiger partial charge in [-0.05, 0) is 34.1 Å². The summed E-state index contributed by atoms with van der Waals surface area (Å²) in [5, 5.41) is 17.2. The van der Waals surface area contributed by atoms with Crippen LogP contribution in [-0.2, 0) is 14.8 Å². The Morgan fingerprint density at radius 1 is 1.26 bits per heavy atom. The van der Waals surface area contributed by atoms with Gasteiger partial charge in [-0.25, -0.2) is 18.5 Å². The number of sulfonamides is 1. The highest BCUT2D eigenvalue weighted by atomic mass is 79.9. The second-order valence-corrected chi connectivity index (χ2v) is 9.48. The molecule has 2 aromatic carbocycles. The van der Waals surface area contributed by atoms with Gasteiger partial charge in [0.05, 0.1) is 22.0 Å². The summed E-state index contributed by atoms with van der Waals surface area (Å²) in [5.41, 5.74) is 0.482. The first-order valence-electron chi connectivity index (χ1n) is 8.54. The normalized spacial score (nSPS) is 11.0. The van der Waals surface area contributed by atoms with E-state index in [1.54, 1.807) is 30.3 Å². The van der Waals surface area contributed by atoms with Crippen LogP contribution in [0.1, 0.15) is 5.56 Å². The summed E-state index contributed by atoms with van der Waals surface area (Å²) in [7, 11) is -3.87. The maximum atomic E-state index is 12.3. The molecular formula is C19H14BrN5O4S2. The molecule has 12 heteroatoms. The highest BCUT2D eigenvalue weighted by Crippen LogP contribution is 2.26. The number of H-pyrrole nitrogens is 1. The Kier molecular flexibility index (Phi) is 6.91. The van der Waals surface area contributed by atoms with Gasteiger partial charge >= 0.3 is 0 Å². The SMILES string of the molecule is N#Cc1c(-c2ccccc2)nc(SCC(=O)Nc2ccc(S(N)(=O)=O)cc2Br)[nH]c1=O. The number of aromatic amines is 1. The molecule has 0 unspecified atom stereocenters. The van der Waals surface area contributed by atoms with Crippen LogP contribution in [0.3, 0.4) is 0 Å². The van der Waals surface area contributed by atoms with Crippen LogP contribution in [0.4, 0.5) is 5.69 Å². The number of benzene rings is 2. The second kappa shape index (κ2) is 9.44. The number of hydrogen-bond acceptors (Lipinski definition) is 7. The van der Waals surface area contributed by atoms with Gasteiger partial charge in [0.2, 0.25) is 15.9 Å². The van der Waals surface area contributed by atoms with E-state index in [1.165, 1.54) is 18.2 Å². The van der Waals surface area contributed by atoms with Crippen LogP contribution in [0.15, 0.2) is 67.9 Å². The van der Waals surface area contributed by atoms with E-state index in [9.17, 15) is 23.3 Å². The number of hydrogen-bond donors (Lipinski definition) is 3. The number of halogens is 1. The molecule has 0 atom stereocenters. The van der Waals surface area contributed by atoms with Gasteiger partial charge in [-0.1, -0.05) is 42.1 Å². The summed E-state index contributed by atoms with van der Waals surface area (Å²) in [4.78, 5) is 31.3. The van der Waals surface area contributed by atoms with Gasteiger partial charge in [0.15, 0.2) is 5.16 Å². The molecule has 0 fully saturated rings. The molecule has 0 saturated heterocycles. The number of rotatable bonds is 6. The van der Waals surface area contributed by atoms with Crippen LogP contribution < -0.4 is 16.0 Å². The van der Waals surface area contributed by atoms with Crippen molar-refractivity contribution in [3.63, 3.8) is 0 Å². The Labute approximate surface area is 189 Å². The fraction of sp³-hybridized carbons (Fsp3) is 0.0526. The first-order chi connectivity index (χ1) is 14.7. The van der Waals surface area contributed by atoms with Crippen LogP contribution in [0.25, 0.3) is 11.3 Å². The molecule has 31 heavy (non-hydrogen) atoms. The number of amides is 1. The molecule has 1 aromatic heterocycles. The average molecular weight is 520 g/mol. The molecule has 0 spiro atoms. The van der Waals surface area contributed by atoms with Gasteiger partial charge in [0, 0.05) is 10.0 Å². The monoisotopic (exact) mass is 519 g/mol. The van der Waals surface area contributed by atoms with E-state index < -0.39 is 21.5 Å². The molecule has 0 aliphatic carbocycles. The molecule has 0 bridgehead atoms. The van der Waals surface area contributed by atoms with Crippen LogP contribution in [0.5, 0.6) is 0 Å². The van der Waals surface area contributed by atoms with Crippen molar-refractivity contribution in [3.8, 4) is 17.3 Å². The third-order valence-electron chi connectivity index (χ3n) is 3.94. The van der Waals surface area contributed by atoms with Gasteiger partial charge in [-0.2, -0.15) is 5.26 Å². The van der Waals surface area contributed by atoms with E-state index in [0.717, 1.165) is 11.8 Å². The van der Waals surface area contributed by atoms with Gasteiger partial charge in [-0.15, -0.1) is 0 Å². The quantitative estimate of drug-likeness (QED) is 0.333. The lowest BCUT2D eigenvalue weighted by molar-refractivity contribution is -0.113. The summed E-state index contributed by atoms with van der Waals surface area (Å²) in [6.07, 6.45) is 0. The first-order valence-corrected chi connectivity index (χ1v) is 11.9. The largest absolute Gasteiger partial charge is 0.324 e. The minimum absolute atomic E-state index is 0.0908. The maximum absolute atomic E-state index is 12.3. The first kappa shape index (κ1) is 22.7. The smallest absolute Gasteiger partial charge is 0.270 e. The minimum Gasteiger partial charge on any atom is -0.324 e. The van der Waals surface area contributed by atoms with E-state index in [1.807, 2.05) is 6.07 Å². The zero-order chi connectivity index (χ0) is 22.6. The highest BCUT2D eigenvalue weighted by molar-refractivity contribution is 9.10. The molecule has 0 saturated carbocycles. The van der Waals surface area contributed by atoms with Crippen molar-refractivity contribution in [2.24, 2.45) is 5.14 Å². The Morgan fingerprint density at radius 3 is 2.58 bits per heavy atom. The number of nitrogens with zero attached hydrogens (tertiary/aromatic N) is 2. The Bertz CT molecular complexity index is 1350. The predicted molar refractivity (Wildman–Crippen MR) is 120 cm³/mol. The van der Waals surface area contributed by atoms with Crippen molar-refractivity contribution in [1.82, 2.24) is 9.97 Å². The number of aromatic nitrogens is 2. The molecule has 158 valence electrons. The number of anilines is 1. The van der Waals surface area contributed by atoms with Crippen LogP contribution in [0.2, 0.25) is 0 Å². The summed E-state index contributed by atoms with van der Waals surface area (Å²) in [6, 6.07) is 14.6. The Balaban J connectivity index is 1.76. The van der Waals surface area contributed by atoms with E-state index in [0.29, 0.717) is 15.7 Å². The van der Waals surface area contributed by atoms with Gasteiger partial charge in [-0.3, -0.25) is 9.59 Å². The van der Waals surface area contributed by atoms with E-state index >= 15 is 0 Å². The van der Waals surface area contributed by atoms with Crippen molar-refractivity contribution in [1.29, 1.82) is 5.26 Å². The summed E-state index contributed by atoms with van der Waals surface area (Å²) in [5.74, 6) is -0.505. The lowest BCUT2D eigenvalue weighted by Crippen LogP contribution is -2.18. The number of nitriles is 1. The lowest BCUT2D eigenvalue weighted by Gasteiger charge is -2.09. The predicted octanol–water partition coefficient (Wildman–Crippen LogP) is 2.45. The standard InChI is InChI=1S/C19H14BrN5O4S2/c20-14-8-12(31(22,28)29)6-7-15(14)23-16(26)10-30-19-24-17(11-4-2-1-3-5-11)13(9-21)18(27)25-19/h1-8H,10H2,(H,23,26)(H2,22,28,29)(H,24,25,27). The van der Waals surface area contributed by atoms with Crippen LogP contribution in [0, 0.1) is 11.3 Å². The van der Waals surface area contributed by atoms with Crippen molar-refractivity contribution in [2.45, 2.75) is 10.1 Å². The molecule has 0 aliphatic heterocycles. The molecule has 4 N–H and O–H groups in total. The number of nitrogens with two attached hydrogens (primary N) is 1. The fourth-order valence-corrected chi connectivity index (χ4v) is 4.35. The molecule has 3 aromatic rings. The van der Waals surface area contributed by atoms with E-state index in [-0.39, 0.29) is 27.1 Å². The third-order valence-corrected chi connectivity index (χ3v) is 6.38. The molecular weight excluding hydrogens is 506 g/mol. The number of carbonyl (C=O) groups is 1. The fourth-order valence-electron chi connectivity index (χ4n) is 2.52. The molecule has 0 radical (unpaired) electrons. The summed E-state index contributed by atoms with van der Waals surface area (Å²) in [6.45, 7) is 0. The zero-order valence-corrected chi connectivity index (χ0v) is 18.8. The van der Waals surface area contributed by atoms with Crippen LogP contribution in [-0.4, -0.2) is 30.0 Å². The van der Waals surface area contributed by atoms with Crippen molar-refractivity contribution >= 4 is 49.3 Å². The Hall–Kier alpha value is -2.98. The number of thioether (sulfide) groups is 1. The lowest BCUT2D eigenvalue weighted by atomic mass is 10.1. The number of nitrogens with one attached hydrogen (secondary N) is 2. The minimum atomic E-state index is -3.87. The Morgan fingerprint density at radius 2 is 1.97 bits per heavy atom. The van der Waals surface area contributed by atoms with Gasteiger partial charge < -0.3 is 10.3 Å². The van der Waals surface area contributed by atoms with Gasteiger partial charge in [0.1, 0.15) is 11.6 Å². The second-order valence-electron chi connectivity index (χ2n) is 6.10. The number of primary sulfonamides is 1. The molecule has 1 heterocycles. The van der Waals surface area contributed by atoms with E-state index in [2.05, 4.69) is 31.2 Å². The van der Waals surface area contributed by atoms with Gasteiger partial charge in [0.25, 0.3) is 5.56 Å². The topological polar surface area (TPSA) is 159 Å². The van der Waals surface area contributed by atoms with Crippen LogP contribution >= 0.6 is 27.7 Å². The molecule has 1 amide bonds.